The monoisotopic (exact) mass is 356 g/mol. The predicted octanol–water partition coefficient (Wildman–Crippen LogP) is 3.42. The van der Waals surface area contributed by atoms with Crippen molar-refractivity contribution in [2.75, 3.05) is 6.61 Å². The molecule has 0 radical (unpaired) electrons. The number of carbonyl (C=O) groups excluding carboxylic acids is 1. The summed E-state index contributed by atoms with van der Waals surface area (Å²) in [6, 6.07) is 5.03. The number of fused-ring (bicyclic) bond motifs is 1. The minimum atomic E-state index is -1.15. The van der Waals surface area contributed by atoms with E-state index in [0.717, 1.165) is 34.7 Å². The smallest absolute Gasteiger partial charge is 0.177 e. The predicted molar refractivity (Wildman–Crippen MR) is 101 cm³/mol. The number of carbonyl (C=O) groups is 1. The first-order valence-corrected chi connectivity index (χ1v) is 12.1. The molecule has 0 unspecified atom stereocenters. The molecule has 0 aliphatic heterocycles. The van der Waals surface area contributed by atoms with Crippen LogP contribution in [0.4, 0.5) is 0 Å². The summed E-state index contributed by atoms with van der Waals surface area (Å²) in [6.07, 6.45) is 4.32. The second kappa shape index (κ2) is 6.48. The largest absolute Gasteiger partial charge is 0.412 e. The number of hydrogen-bond donors (Lipinski definition) is 0. The molecule has 0 spiro atoms. The molecule has 6 nitrogen and oxygen atoms in total. The molecular weight excluding hydrogens is 332 g/mol. The first-order chi connectivity index (χ1) is 11.8. The van der Waals surface area contributed by atoms with Gasteiger partial charge in [0, 0.05) is 25.9 Å². The summed E-state index contributed by atoms with van der Waals surface area (Å²) in [4.78, 5) is 21.6. The average Bonchev–Trinajstić information content (AvgIpc) is 3.06. The number of nitrogens with zero attached hydrogens (tertiary/aromatic N) is 4. The Kier molecular flexibility index (Phi) is 4.51. The third-order valence-electron chi connectivity index (χ3n) is 4.20. The normalized spacial score (nSPS) is 11.9. The van der Waals surface area contributed by atoms with Gasteiger partial charge < -0.3 is 4.84 Å². The Balaban J connectivity index is 2.00. The van der Waals surface area contributed by atoms with Crippen LogP contribution in [0.15, 0.2) is 24.5 Å². The number of hydrogen-bond acceptors (Lipinski definition) is 4. The molecule has 0 amide bonds. The van der Waals surface area contributed by atoms with Crippen molar-refractivity contribution < 1.29 is 9.63 Å². The Bertz CT molecular complexity index is 921. The van der Waals surface area contributed by atoms with Gasteiger partial charge in [-0.3, -0.25) is 4.79 Å². The molecule has 0 aliphatic carbocycles. The van der Waals surface area contributed by atoms with Gasteiger partial charge in [0.25, 0.3) is 0 Å². The number of aromatic nitrogens is 4. The van der Waals surface area contributed by atoms with Gasteiger partial charge in [-0.05, 0) is 32.0 Å². The maximum Gasteiger partial charge on any atom is 0.177 e. The fourth-order valence-electron chi connectivity index (χ4n) is 2.71. The van der Waals surface area contributed by atoms with Gasteiger partial charge in [-0.1, -0.05) is 19.6 Å². The maximum absolute atomic E-state index is 11.1. The molecule has 3 aromatic rings. The minimum absolute atomic E-state index is 0.590. The molecule has 0 saturated heterocycles. The molecule has 3 heterocycles. The zero-order valence-corrected chi connectivity index (χ0v) is 16.4. The molecule has 25 heavy (non-hydrogen) atoms. The standard InChI is InChI=1S/C18H24N4O2Si/c1-13-10-16-17(21-11-15(12-23)14(2)20-21)6-7-19-18(16)22(13)24-8-9-25(3,4)5/h6-7,10-12H,8-9H2,1-5H3. The van der Waals surface area contributed by atoms with Gasteiger partial charge in [0.05, 0.1) is 22.6 Å². The molecule has 0 saturated carbocycles. The summed E-state index contributed by atoms with van der Waals surface area (Å²) < 4.78 is 3.53. The van der Waals surface area contributed by atoms with Crippen LogP contribution in [0.5, 0.6) is 0 Å². The lowest BCUT2D eigenvalue weighted by Gasteiger charge is -2.17. The number of pyridine rings is 1. The Morgan fingerprint density at radius 2 is 2.04 bits per heavy atom. The van der Waals surface area contributed by atoms with Gasteiger partial charge in [0.1, 0.15) is 6.61 Å². The Morgan fingerprint density at radius 3 is 2.68 bits per heavy atom. The summed E-state index contributed by atoms with van der Waals surface area (Å²) in [5.41, 5.74) is 3.95. The number of aldehydes is 1. The lowest BCUT2D eigenvalue weighted by atomic mass is 10.2. The summed E-state index contributed by atoms with van der Waals surface area (Å²) in [5.74, 6) is 0. The van der Waals surface area contributed by atoms with E-state index in [4.69, 9.17) is 4.84 Å². The van der Waals surface area contributed by atoms with Crippen LogP contribution in [0.1, 0.15) is 21.7 Å². The molecule has 0 aromatic carbocycles. The molecule has 3 aromatic heterocycles. The lowest BCUT2D eigenvalue weighted by molar-refractivity contribution is 0.112. The van der Waals surface area contributed by atoms with Gasteiger partial charge in [-0.2, -0.15) is 9.83 Å². The van der Waals surface area contributed by atoms with Crippen LogP contribution in [0, 0.1) is 13.8 Å². The summed E-state index contributed by atoms with van der Waals surface area (Å²) in [7, 11) is -1.15. The van der Waals surface area contributed by atoms with E-state index in [0.29, 0.717) is 17.9 Å². The van der Waals surface area contributed by atoms with E-state index in [1.807, 2.05) is 26.0 Å². The van der Waals surface area contributed by atoms with Gasteiger partial charge in [0.15, 0.2) is 11.9 Å². The van der Waals surface area contributed by atoms with E-state index in [1.54, 1.807) is 21.8 Å². The number of rotatable bonds is 6. The van der Waals surface area contributed by atoms with Crippen LogP contribution in [0.2, 0.25) is 25.7 Å². The van der Waals surface area contributed by atoms with Crippen LogP contribution in [0.25, 0.3) is 16.7 Å². The average molecular weight is 357 g/mol. The molecule has 0 aliphatic rings. The van der Waals surface area contributed by atoms with Crippen molar-refractivity contribution in [3.05, 3.63) is 41.5 Å². The van der Waals surface area contributed by atoms with Crippen LogP contribution in [-0.2, 0) is 0 Å². The molecular formula is C18H24N4O2Si. The molecule has 0 bridgehead atoms. The SMILES string of the molecule is Cc1nn(-c2ccnc3c2cc(C)n3OCC[Si](C)(C)C)cc1C=O. The van der Waals surface area contributed by atoms with Crippen LogP contribution in [-0.4, -0.2) is 40.5 Å². The van der Waals surface area contributed by atoms with Crippen molar-refractivity contribution in [1.29, 1.82) is 0 Å². The zero-order valence-electron chi connectivity index (χ0n) is 15.4. The van der Waals surface area contributed by atoms with Crippen LogP contribution in [0.3, 0.4) is 0 Å². The highest BCUT2D eigenvalue weighted by molar-refractivity contribution is 6.76. The van der Waals surface area contributed by atoms with E-state index in [2.05, 4.69) is 29.7 Å². The fraction of sp³-hybridized carbons (Fsp3) is 0.389. The van der Waals surface area contributed by atoms with E-state index >= 15 is 0 Å². The second-order valence-electron chi connectivity index (χ2n) is 7.52. The first kappa shape index (κ1) is 17.4. The fourth-order valence-corrected chi connectivity index (χ4v) is 3.41. The molecule has 3 rings (SSSR count). The quantitative estimate of drug-likeness (QED) is 0.501. The first-order valence-electron chi connectivity index (χ1n) is 8.42. The van der Waals surface area contributed by atoms with Crippen LogP contribution < -0.4 is 4.84 Å². The minimum Gasteiger partial charge on any atom is -0.412 e. The second-order valence-corrected chi connectivity index (χ2v) is 13.1. The Morgan fingerprint density at radius 1 is 1.28 bits per heavy atom. The maximum atomic E-state index is 11.1. The van der Waals surface area contributed by atoms with Crippen molar-refractivity contribution in [3.63, 3.8) is 0 Å². The lowest BCUT2D eigenvalue weighted by Crippen LogP contribution is -2.25. The van der Waals surface area contributed by atoms with Crippen molar-refractivity contribution >= 4 is 25.4 Å². The molecule has 132 valence electrons. The molecule has 0 N–H and O–H groups in total. The summed E-state index contributed by atoms with van der Waals surface area (Å²) >= 11 is 0. The van der Waals surface area contributed by atoms with Crippen molar-refractivity contribution in [1.82, 2.24) is 19.5 Å². The van der Waals surface area contributed by atoms with Crippen LogP contribution >= 0.6 is 0 Å². The van der Waals surface area contributed by atoms with Gasteiger partial charge >= 0.3 is 0 Å². The van der Waals surface area contributed by atoms with E-state index in [1.165, 1.54) is 0 Å². The van der Waals surface area contributed by atoms with Gasteiger partial charge in [0.2, 0.25) is 0 Å². The Hall–Kier alpha value is -2.41. The van der Waals surface area contributed by atoms with Crippen molar-refractivity contribution in [2.45, 2.75) is 39.5 Å². The van der Waals surface area contributed by atoms with E-state index < -0.39 is 8.07 Å². The molecule has 7 heteroatoms. The molecule has 0 fully saturated rings. The van der Waals surface area contributed by atoms with Crippen molar-refractivity contribution in [2.24, 2.45) is 0 Å². The van der Waals surface area contributed by atoms with Gasteiger partial charge in [-0.15, -0.1) is 0 Å². The highest BCUT2D eigenvalue weighted by atomic mass is 28.3. The number of aryl methyl sites for hydroxylation is 2. The van der Waals surface area contributed by atoms with Crippen molar-refractivity contribution in [3.8, 4) is 5.69 Å². The zero-order chi connectivity index (χ0) is 18.2. The Labute approximate surface area is 148 Å². The van der Waals surface area contributed by atoms with E-state index in [9.17, 15) is 4.79 Å². The topological polar surface area (TPSA) is 61.9 Å². The van der Waals surface area contributed by atoms with Gasteiger partial charge in [-0.25, -0.2) is 9.67 Å². The third kappa shape index (κ3) is 3.51. The highest BCUT2D eigenvalue weighted by Crippen LogP contribution is 2.24. The van der Waals surface area contributed by atoms with E-state index in [-0.39, 0.29) is 0 Å². The summed E-state index contributed by atoms with van der Waals surface area (Å²) in [6.45, 7) is 11.5. The third-order valence-corrected chi connectivity index (χ3v) is 5.90. The summed E-state index contributed by atoms with van der Waals surface area (Å²) in [5, 5.41) is 5.40. The highest BCUT2D eigenvalue weighted by Gasteiger charge is 2.16. The molecule has 0 atom stereocenters.